The molecule has 1 unspecified atom stereocenters. The topological polar surface area (TPSA) is 66.7 Å². The van der Waals surface area contributed by atoms with E-state index in [-0.39, 0.29) is 18.4 Å². The lowest BCUT2D eigenvalue weighted by molar-refractivity contribution is -0.120. The van der Waals surface area contributed by atoms with E-state index >= 15 is 0 Å². The molecule has 1 saturated carbocycles. The molecule has 35 heavy (non-hydrogen) atoms. The number of nitrogens with one attached hydrogen (secondary N) is 1. The lowest BCUT2D eigenvalue weighted by atomic mass is 9.90. The molecule has 5 rings (SSSR count). The van der Waals surface area contributed by atoms with Gasteiger partial charge in [-0.15, -0.1) is 11.8 Å². The molecule has 1 N–H and O–H groups in total. The van der Waals surface area contributed by atoms with Gasteiger partial charge in [-0.25, -0.2) is 4.99 Å². The van der Waals surface area contributed by atoms with Gasteiger partial charge in [0.05, 0.1) is 11.5 Å². The molecule has 3 aliphatic rings. The van der Waals surface area contributed by atoms with Crippen LogP contribution in [0.5, 0.6) is 0 Å². The predicted octanol–water partition coefficient (Wildman–Crippen LogP) is 4.98. The number of aromatic nitrogens is 1. The van der Waals surface area contributed by atoms with Gasteiger partial charge in [0, 0.05) is 45.8 Å². The lowest BCUT2D eigenvalue weighted by Gasteiger charge is -2.36. The third kappa shape index (κ3) is 4.73. The quantitative estimate of drug-likeness (QED) is 0.592. The first-order valence-corrected chi connectivity index (χ1v) is 14.1. The second kappa shape index (κ2) is 9.94. The van der Waals surface area contributed by atoms with E-state index in [1.165, 1.54) is 38.8 Å². The third-order valence-electron chi connectivity index (χ3n) is 8.09. The number of amides is 2. The summed E-state index contributed by atoms with van der Waals surface area (Å²) in [4.78, 5) is 33.8. The molecular formula is C28H36N4O2S. The number of benzene rings is 1. The lowest BCUT2D eigenvalue weighted by Crippen LogP contribution is -2.37. The molecule has 2 amide bonds. The van der Waals surface area contributed by atoms with Crippen molar-refractivity contribution in [1.29, 1.82) is 0 Å². The van der Waals surface area contributed by atoms with E-state index in [1.807, 2.05) is 31.4 Å². The smallest absolute Gasteiger partial charge is 0.255 e. The molecule has 1 aromatic heterocycles. The minimum absolute atomic E-state index is 0.118. The molecule has 7 heteroatoms. The SMILES string of the molecule is CSC1=CC(C)=NC(=O)C1CNC(=O)c1c(C)n([C@H](C)C2CCN(C3CC3)CC2)c2ccccc12. The molecule has 0 bridgehead atoms. The molecule has 2 fully saturated rings. The number of rotatable bonds is 7. The number of hydrogen-bond donors (Lipinski definition) is 1. The minimum Gasteiger partial charge on any atom is -0.351 e. The Morgan fingerprint density at radius 1 is 1.17 bits per heavy atom. The fraction of sp³-hybridized carbons (Fsp3) is 0.536. The number of hydrogen-bond acceptors (Lipinski definition) is 4. The van der Waals surface area contributed by atoms with E-state index in [9.17, 15) is 9.59 Å². The Bertz CT molecular complexity index is 1200. The van der Waals surface area contributed by atoms with Crippen molar-refractivity contribution in [2.45, 2.75) is 58.5 Å². The van der Waals surface area contributed by atoms with E-state index in [1.54, 1.807) is 11.8 Å². The summed E-state index contributed by atoms with van der Waals surface area (Å²) in [6, 6.07) is 9.39. The van der Waals surface area contributed by atoms with Crippen LogP contribution in [-0.2, 0) is 4.79 Å². The van der Waals surface area contributed by atoms with Crippen molar-refractivity contribution in [3.63, 3.8) is 0 Å². The maximum Gasteiger partial charge on any atom is 0.255 e. The number of carbonyl (C=O) groups is 2. The Balaban J connectivity index is 1.37. The van der Waals surface area contributed by atoms with Crippen LogP contribution >= 0.6 is 11.8 Å². The van der Waals surface area contributed by atoms with Crippen molar-refractivity contribution in [3.8, 4) is 0 Å². The summed E-state index contributed by atoms with van der Waals surface area (Å²) in [5, 5.41) is 4.05. The summed E-state index contributed by atoms with van der Waals surface area (Å²) in [5.41, 5.74) is 3.56. The number of carbonyl (C=O) groups excluding carboxylic acids is 2. The van der Waals surface area contributed by atoms with Crippen molar-refractivity contribution < 1.29 is 9.59 Å². The van der Waals surface area contributed by atoms with Crippen LogP contribution in [0.3, 0.4) is 0 Å². The van der Waals surface area contributed by atoms with E-state index in [4.69, 9.17) is 0 Å². The number of allylic oxidation sites excluding steroid dienone is 1. The predicted molar refractivity (Wildman–Crippen MR) is 144 cm³/mol. The van der Waals surface area contributed by atoms with E-state index in [2.05, 4.69) is 45.8 Å². The maximum absolute atomic E-state index is 13.5. The monoisotopic (exact) mass is 492 g/mol. The van der Waals surface area contributed by atoms with Crippen molar-refractivity contribution >= 4 is 40.2 Å². The van der Waals surface area contributed by atoms with Crippen molar-refractivity contribution in [2.75, 3.05) is 25.9 Å². The molecule has 2 aromatic rings. The summed E-state index contributed by atoms with van der Waals surface area (Å²) in [6.45, 7) is 8.85. The second-order valence-electron chi connectivity index (χ2n) is 10.3. The Labute approximate surface area is 212 Å². The summed E-state index contributed by atoms with van der Waals surface area (Å²) in [7, 11) is 0. The van der Waals surface area contributed by atoms with E-state index < -0.39 is 5.92 Å². The van der Waals surface area contributed by atoms with Gasteiger partial charge in [0.25, 0.3) is 11.8 Å². The Morgan fingerprint density at radius 2 is 1.89 bits per heavy atom. The van der Waals surface area contributed by atoms with Gasteiger partial charge in [0.1, 0.15) is 0 Å². The molecule has 3 heterocycles. The zero-order chi connectivity index (χ0) is 24.7. The van der Waals surface area contributed by atoms with Crippen molar-refractivity contribution in [1.82, 2.24) is 14.8 Å². The minimum atomic E-state index is -0.415. The van der Waals surface area contributed by atoms with Gasteiger partial charge >= 0.3 is 0 Å². The molecule has 6 nitrogen and oxygen atoms in total. The van der Waals surface area contributed by atoms with Crippen LogP contribution in [0.1, 0.15) is 61.6 Å². The fourth-order valence-corrected chi connectivity index (χ4v) is 6.76. The summed E-state index contributed by atoms with van der Waals surface area (Å²) < 4.78 is 2.38. The van der Waals surface area contributed by atoms with Gasteiger partial charge in [-0.2, -0.15) is 0 Å². The molecule has 1 aliphatic carbocycles. The second-order valence-corrected chi connectivity index (χ2v) is 11.2. The van der Waals surface area contributed by atoms with Crippen LogP contribution in [-0.4, -0.2) is 58.9 Å². The standard InChI is InChI=1S/C28H36N4O2S/c1-17-15-25(35-4)23(27(33)30-17)16-29-28(34)26-19(3)32(24-8-6-5-7-22(24)26)18(2)20-11-13-31(14-12-20)21-9-10-21/h5-8,15,18,20-21,23H,9-14,16H2,1-4H3,(H,29,34)/t18-,23?/m1/s1. The molecule has 2 aliphatic heterocycles. The number of thioether (sulfide) groups is 1. The van der Waals surface area contributed by atoms with Gasteiger partial charge in [-0.3, -0.25) is 9.59 Å². The first-order chi connectivity index (χ1) is 16.9. The van der Waals surface area contributed by atoms with Gasteiger partial charge in [-0.05, 0) is 83.9 Å². The maximum atomic E-state index is 13.5. The van der Waals surface area contributed by atoms with Crippen LogP contribution in [0.2, 0.25) is 0 Å². The highest BCUT2D eigenvalue weighted by atomic mass is 32.2. The normalized spacial score (nSPS) is 22.7. The highest BCUT2D eigenvalue weighted by Gasteiger charge is 2.35. The molecule has 1 saturated heterocycles. The van der Waals surface area contributed by atoms with E-state index in [0.717, 1.165) is 38.8 Å². The zero-order valence-electron chi connectivity index (χ0n) is 21.2. The summed E-state index contributed by atoms with van der Waals surface area (Å²) >= 11 is 1.54. The third-order valence-corrected chi connectivity index (χ3v) is 8.97. The van der Waals surface area contributed by atoms with Crippen molar-refractivity contribution in [2.24, 2.45) is 16.8 Å². The van der Waals surface area contributed by atoms with Crippen LogP contribution in [0.4, 0.5) is 0 Å². The summed E-state index contributed by atoms with van der Waals surface area (Å²) in [5.74, 6) is -0.111. The van der Waals surface area contributed by atoms with Crippen LogP contribution in [0.15, 0.2) is 40.2 Å². The molecule has 0 spiro atoms. The van der Waals surface area contributed by atoms with Crippen molar-refractivity contribution in [3.05, 3.63) is 46.5 Å². The van der Waals surface area contributed by atoms with Crippen LogP contribution in [0.25, 0.3) is 10.9 Å². The largest absolute Gasteiger partial charge is 0.351 e. The number of fused-ring (bicyclic) bond motifs is 1. The van der Waals surface area contributed by atoms with Gasteiger partial charge in [0.2, 0.25) is 0 Å². The number of nitrogens with zero attached hydrogens (tertiary/aromatic N) is 3. The van der Waals surface area contributed by atoms with Gasteiger partial charge < -0.3 is 14.8 Å². The average molecular weight is 493 g/mol. The number of piperidine rings is 1. The summed E-state index contributed by atoms with van der Waals surface area (Å²) in [6.07, 6.45) is 9.05. The highest BCUT2D eigenvalue weighted by molar-refractivity contribution is 8.02. The van der Waals surface area contributed by atoms with Gasteiger partial charge in [-0.1, -0.05) is 18.2 Å². The molecule has 1 aromatic carbocycles. The number of aliphatic imine (C=N–C) groups is 1. The van der Waals surface area contributed by atoms with E-state index in [0.29, 0.717) is 12.0 Å². The van der Waals surface area contributed by atoms with Gasteiger partial charge in [0.15, 0.2) is 0 Å². The number of dihydropyridines is 1. The highest BCUT2D eigenvalue weighted by Crippen LogP contribution is 2.38. The molecule has 2 atom stereocenters. The average Bonchev–Trinajstić information content (AvgIpc) is 3.65. The zero-order valence-corrected chi connectivity index (χ0v) is 22.0. The molecule has 186 valence electrons. The molecule has 0 radical (unpaired) electrons. The fourth-order valence-electron chi connectivity index (χ4n) is 6.00. The Hall–Kier alpha value is -2.38. The Kier molecular flexibility index (Phi) is 6.91. The van der Waals surface area contributed by atoms with Crippen LogP contribution in [0, 0.1) is 18.8 Å². The molecular weight excluding hydrogens is 456 g/mol. The van der Waals surface area contributed by atoms with Crippen LogP contribution < -0.4 is 5.32 Å². The number of para-hydroxylation sites is 1. The Morgan fingerprint density at radius 3 is 2.57 bits per heavy atom. The number of likely N-dealkylation sites (tertiary alicyclic amines) is 1. The first kappa shape index (κ1) is 24.3. The first-order valence-electron chi connectivity index (χ1n) is 12.9.